The molecule has 0 nitrogen and oxygen atoms in total. The lowest BCUT2D eigenvalue weighted by atomic mass is 10.2. The first-order valence-electron chi connectivity index (χ1n) is 8.56. The van der Waals surface area contributed by atoms with Crippen molar-refractivity contribution in [1.82, 2.24) is 0 Å². The fourth-order valence-electron chi connectivity index (χ4n) is 1.77. The first-order valence-corrected chi connectivity index (χ1v) is 8.56. The maximum atomic E-state index is 2.23. The highest BCUT2D eigenvalue weighted by molar-refractivity contribution is 5.20. The van der Waals surface area contributed by atoms with Crippen molar-refractivity contribution in [2.75, 3.05) is 0 Å². The SMILES string of the molecule is CCCCCC.Cc1ccc(C)cc1.Cc1ccc(C)cc1. The van der Waals surface area contributed by atoms with Crippen LogP contribution in [0.15, 0.2) is 48.5 Å². The lowest BCUT2D eigenvalue weighted by molar-refractivity contribution is 0.702. The van der Waals surface area contributed by atoms with E-state index in [4.69, 9.17) is 0 Å². The van der Waals surface area contributed by atoms with Crippen molar-refractivity contribution in [2.45, 2.75) is 67.2 Å². The smallest absolute Gasteiger partial charge is 0.0398 e. The minimum absolute atomic E-state index is 1.33. The third-order valence-corrected chi connectivity index (χ3v) is 3.39. The molecule has 0 amide bonds. The van der Waals surface area contributed by atoms with Gasteiger partial charge in [-0.3, -0.25) is 0 Å². The molecule has 0 aromatic heterocycles. The van der Waals surface area contributed by atoms with E-state index >= 15 is 0 Å². The van der Waals surface area contributed by atoms with Crippen LogP contribution in [-0.4, -0.2) is 0 Å². The molecule has 122 valence electrons. The molecule has 0 radical (unpaired) electrons. The summed E-state index contributed by atoms with van der Waals surface area (Å²) >= 11 is 0. The maximum absolute atomic E-state index is 2.23. The van der Waals surface area contributed by atoms with Crippen LogP contribution in [0, 0.1) is 27.7 Å². The zero-order chi connectivity index (χ0) is 16.8. The van der Waals surface area contributed by atoms with Crippen molar-refractivity contribution in [1.29, 1.82) is 0 Å². The summed E-state index contributed by atoms with van der Waals surface area (Å²) in [5.41, 5.74) is 5.32. The zero-order valence-electron chi connectivity index (χ0n) is 15.4. The average molecular weight is 299 g/mol. The van der Waals surface area contributed by atoms with Gasteiger partial charge in [0.25, 0.3) is 0 Å². The molecule has 0 heterocycles. The highest BCUT2D eigenvalue weighted by atomic mass is 13.9. The third kappa shape index (κ3) is 12.2. The normalized spacial score (nSPS) is 9.18. The van der Waals surface area contributed by atoms with Gasteiger partial charge in [-0.15, -0.1) is 0 Å². The Morgan fingerprint density at radius 3 is 0.773 bits per heavy atom. The van der Waals surface area contributed by atoms with Crippen LogP contribution in [0.1, 0.15) is 61.8 Å². The number of hydrogen-bond donors (Lipinski definition) is 0. The number of unbranched alkanes of at least 4 members (excludes halogenated alkanes) is 3. The van der Waals surface area contributed by atoms with Crippen LogP contribution in [0.25, 0.3) is 0 Å². The molecule has 0 spiro atoms. The Balaban J connectivity index is 0.000000306. The van der Waals surface area contributed by atoms with Crippen LogP contribution in [0.3, 0.4) is 0 Å². The van der Waals surface area contributed by atoms with Crippen molar-refractivity contribution in [3.8, 4) is 0 Å². The minimum Gasteiger partial charge on any atom is -0.0654 e. The standard InChI is InChI=1S/2C8H10.C6H14/c2*1-7-3-5-8(2)6-4-7;1-3-5-6-4-2/h2*3-6H,1-2H3;3-6H2,1-2H3. The molecule has 0 unspecified atom stereocenters. The van der Waals surface area contributed by atoms with E-state index < -0.39 is 0 Å². The monoisotopic (exact) mass is 298 g/mol. The first kappa shape index (κ1) is 20.4. The fraction of sp³-hybridized carbons (Fsp3) is 0.455. The van der Waals surface area contributed by atoms with Crippen molar-refractivity contribution < 1.29 is 0 Å². The van der Waals surface area contributed by atoms with Crippen LogP contribution in [-0.2, 0) is 0 Å². The van der Waals surface area contributed by atoms with Gasteiger partial charge in [-0.2, -0.15) is 0 Å². The average Bonchev–Trinajstić information content (AvgIpc) is 2.52. The zero-order valence-corrected chi connectivity index (χ0v) is 15.4. The van der Waals surface area contributed by atoms with Gasteiger partial charge >= 0.3 is 0 Å². The Labute approximate surface area is 138 Å². The van der Waals surface area contributed by atoms with Crippen LogP contribution >= 0.6 is 0 Å². The number of hydrogen-bond acceptors (Lipinski definition) is 0. The Morgan fingerprint density at radius 2 is 0.636 bits per heavy atom. The van der Waals surface area contributed by atoms with Gasteiger partial charge in [0.1, 0.15) is 0 Å². The van der Waals surface area contributed by atoms with E-state index in [1.54, 1.807) is 0 Å². The molecule has 2 rings (SSSR count). The summed E-state index contributed by atoms with van der Waals surface area (Å²) in [6, 6.07) is 17.0. The van der Waals surface area contributed by atoms with Crippen LogP contribution < -0.4 is 0 Å². The van der Waals surface area contributed by atoms with Gasteiger partial charge in [0.15, 0.2) is 0 Å². The topological polar surface area (TPSA) is 0 Å². The van der Waals surface area contributed by atoms with E-state index in [0.717, 1.165) is 0 Å². The molecular formula is C22H34. The van der Waals surface area contributed by atoms with E-state index in [2.05, 4.69) is 90.1 Å². The van der Waals surface area contributed by atoms with Crippen LogP contribution in [0.5, 0.6) is 0 Å². The van der Waals surface area contributed by atoms with Gasteiger partial charge in [-0.05, 0) is 27.7 Å². The lowest BCUT2D eigenvalue weighted by Gasteiger charge is -1.90. The summed E-state index contributed by atoms with van der Waals surface area (Å²) < 4.78 is 0. The quantitative estimate of drug-likeness (QED) is 0.526. The second-order valence-electron chi connectivity index (χ2n) is 6.02. The fourth-order valence-corrected chi connectivity index (χ4v) is 1.77. The first-order chi connectivity index (χ1) is 10.5. The van der Waals surface area contributed by atoms with E-state index in [9.17, 15) is 0 Å². The third-order valence-electron chi connectivity index (χ3n) is 3.39. The second-order valence-corrected chi connectivity index (χ2v) is 6.02. The molecular weight excluding hydrogens is 264 g/mol. The molecule has 0 aliphatic heterocycles. The number of benzene rings is 2. The Hall–Kier alpha value is -1.56. The molecule has 0 saturated carbocycles. The van der Waals surface area contributed by atoms with Gasteiger partial charge in [-0.1, -0.05) is 110 Å². The van der Waals surface area contributed by atoms with Crippen molar-refractivity contribution >= 4 is 0 Å². The molecule has 22 heavy (non-hydrogen) atoms. The van der Waals surface area contributed by atoms with E-state index in [-0.39, 0.29) is 0 Å². The molecule has 0 heteroatoms. The van der Waals surface area contributed by atoms with Crippen molar-refractivity contribution in [3.63, 3.8) is 0 Å². The molecule has 0 fully saturated rings. The second kappa shape index (κ2) is 13.1. The maximum Gasteiger partial charge on any atom is -0.0398 e. The van der Waals surface area contributed by atoms with Gasteiger partial charge < -0.3 is 0 Å². The van der Waals surface area contributed by atoms with E-state index in [1.165, 1.54) is 47.9 Å². The van der Waals surface area contributed by atoms with E-state index in [0.29, 0.717) is 0 Å². The van der Waals surface area contributed by atoms with Gasteiger partial charge in [0, 0.05) is 0 Å². The molecule has 2 aromatic carbocycles. The molecule has 0 atom stereocenters. The Kier molecular flexibility index (Phi) is 12.2. The highest BCUT2D eigenvalue weighted by Crippen LogP contribution is 2.00. The summed E-state index contributed by atoms with van der Waals surface area (Å²) in [7, 11) is 0. The van der Waals surface area contributed by atoms with Crippen LogP contribution in [0.4, 0.5) is 0 Å². The largest absolute Gasteiger partial charge is 0.0654 e. The summed E-state index contributed by atoms with van der Waals surface area (Å²) in [6.07, 6.45) is 5.54. The summed E-state index contributed by atoms with van der Waals surface area (Å²) in [5.74, 6) is 0. The molecule has 0 saturated heterocycles. The molecule has 0 aliphatic carbocycles. The molecule has 0 bridgehead atoms. The Morgan fingerprint density at radius 1 is 0.455 bits per heavy atom. The van der Waals surface area contributed by atoms with Gasteiger partial charge in [0.05, 0.1) is 0 Å². The van der Waals surface area contributed by atoms with Gasteiger partial charge in [-0.25, -0.2) is 0 Å². The summed E-state index contributed by atoms with van der Waals surface area (Å²) in [4.78, 5) is 0. The summed E-state index contributed by atoms with van der Waals surface area (Å²) in [6.45, 7) is 12.9. The Bertz CT molecular complexity index is 373. The molecule has 0 aliphatic rings. The lowest BCUT2D eigenvalue weighted by Crippen LogP contribution is -1.70. The van der Waals surface area contributed by atoms with Crippen molar-refractivity contribution in [2.24, 2.45) is 0 Å². The number of rotatable bonds is 3. The minimum atomic E-state index is 1.33. The predicted molar refractivity (Wildman–Crippen MR) is 102 cm³/mol. The highest BCUT2D eigenvalue weighted by Gasteiger charge is 1.80. The van der Waals surface area contributed by atoms with Gasteiger partial charge in [0.2, 0.25) is 0 Å². The summed E-state index contributed by atoms with van der Waals surface area (Å²) in [5, 5.41) is 0. The molecule has 0 N–H and O–H groups in total. The predicted octanol–water partition coefficient (Wildman–Crippen LogP) is 7.19. The molecule has 2 aromatic rings. The van der Waals surface area contributed by atoms with Crippen LogP contribution in [0.2, 0.25) is 0 Å². The van der Waals surface area contributed by atoms with E-state index in [1.807, 2.05) is 0 Å². The number of aryl methyl sites for hydroxylation is 4. The van der Waals surface area contributed by atoms with Crippen molar-refractivity contribution in [3.05, 3.63) is 70.8 Å².